The highest BCUT2D eigenvalue weighted by molar-refractivity contribution is 5.82. The fourth-order valence-corrected chi connectivity index (χ4v) is 5.54. The van der Waals surface area contributed by atoms with Crippen LogP contribution in [0, 0.1) is 0 Å². The summed E-state index contributed by atoms with van der Waals surface area (Å²) in [4.78, 5) is 17.5. The zero-order valence-electron chi connectivity index (χ0n) is 16.7. The number of aromatic amines is 1. The Hall–Kier alpha value is -2.96. The lowest BCUT2D eigenvalue weighted by Crippen LogP contribution is -2.48. The van der Waals surface area contributed by atoms with Crippen LogP contribution < -0.4 is 0 Å². The Bertz CT molecular complexity index is 1070. The van der Waals surface area contributed by atoms with Gasteiger partial charge in [0.25, 0.3) is 0 Å². The smallest absolute Gasteiger partial charge is 0.227 e. The van der Waals surface area contributed by atoms with Gasteiger partial charge in [-0.15, -0.1) is 0 Å². The monoisotopic (exact) mass is 400 g/mol. The molecule has 3 fully saturated rings. The van der Waals surface area contributed by atoms with Crippen molar-refractivity contribution in [2.45, 2.75) is 37.2 Å². The number of rotatable bonds is 4. The summed E-state index contributed by atoms with van der Waals surface area (Å²) in [5.74, 6) is 0.200. The molecule has 2 aromatic carbocycles. The third-order valence-corrected chi connectivity index (χ3v) is 6.90. The molecule has 30 heavy (non-hydrogen) atoms. The highest BCUT2D eigenvalue weighted by Gasteiger charge is 2.64. The van der Waals surface area contributed by atoms with E-state index in [0.29, 0.717) is 13.0 Å². The topological polar surface area (TPSA) is 61.5 Å². The van der Waals surface area contributed by atoms with Gasteiger partial charge in [0.05, 0.1) is 30.6 Å². The molecule has 1 aromatic heterocycles. The van der Waals surface area contributed by atoms with E-state index in [-0.39, 0.29) is 18.0 Å². The van der Waals surface area contributed by atoms with Crippen LogP contribution in [0.1, 0.15) is 30.0 Å². The molecule has 0 radical (unpaired) electrons. The largest absolute Gasteiger partial charge is 0.351 e. The molecular weight excluding hydrogens is 376 g/mol. The number of carbonyl (C=O) groups is 1. The van der Waals surface area contributed by atoms with Gasteiger partial charge in [-0.1, -0.05) is 60.7 Å². The molecule has 6 nitrogen and oxygen atoms in total. The molecule has 6 heteroatoms. The summed E-state index contributed by atoms with van der Waals surface area (Å²) in [6.45, 7) is 2.24. The highest BCUT2D eigenvalue weighted by atomic mass is 16.5. The van der Waals surface area contributed by atoms with Crippen molar-refractivity contribution in [1.82, 2.24) is 20.0 Å². The predicted molar refractivity (Wildman–Crippen MR) is 112 cm³/mol. The van der Waals surface area contributed by atoms with Crippen molar-refractivity contribution < 1.29 is 9.53 Å². The van der Waals surface area contributed by atoms with Crippen LogP contribution in [0.4, 0.5) is 0 Å². The molecule has 6 rings (SSSR count). The molecule has 0 aliphatic carbocycles. The number of H-pyrrole nitrogens is 1. The first-order chi connectivity index (χ1) is 14.8. The lowest BCUT2D eigenvalue weighted by molar-refractivity contribution is -0.138. The molecule has 0 unspecified atom stereocenters. The summed E-state index contributed by atoms with van der Waals surface area (Å²) in [5, 5.41) is 7.45. The van der Waals surface area contributed by atoms with Crippen LogP contribution in [0.2, 0.25) is 0 Å². The maximum atomic E-state index is 13.1. The summed E-state index contributed by atoms with van der Waals surface area (Å²) in [6.07, 6.45) is 3.28. The molecule has 1 spiro atoms. The van der Waals surface area contributed by atoms with Crippen molar-refractivity contribution in [3.8, 4) is 11.3 Å². The third kappa shape index (κ3) is 2.57. The van der Waals surface area contributed by atoms with E-state index >= 15 is 0 Å². The summed E-state index contributed by atoms with van der Waals surface area (Å²) in [7, 11) is 0. The first-order valence-electron chi connectivity index (χ1n) is 10.6. The van der Waals surface area contributed by atoms with E-state index in [9.17, 15) is 4.79 Å². The molecule has 0 bridgehead atoms. The second-order valence-electron chi connectivity index (χ2n) is 8.42. The molecule has 3 aromatic rings. The Morgan fingerprint density at radius 1 is 1.10 bits per heavy atom. The van der Waals surface area contributed by atoms with Gasteiger partial charge < -0.3 is 9.64 Å². The molecule has 4 heterocycles. The fourth-order valence-electron chi connectivity index (χ4n) is 5.54. The number of hydrogen-bond donors (Lipinski definition) is 1. The van der Waals surface area contributed by atoms with Crippen molar-refractivity contribution in [2.75, 3.05) is 13.2 Å². The standard InChI is InChI=1S/C24H24N4O2/c29-22-13-21-24(28(22)20(16-30-24)17-7-3-1-4-8-17)11-12-27(21)15-19-14-25-26-23(19)18-9-5-2-6-10-18/h1-10,14,20-21H,11-13,15-16H2,(H,25,26)/t20-,21+,24-/m0/s1. The second kappa shape index (κ2) is 6.79. The Morgan fingerprint density at radius 2 is 1.87 bits per heavy atom. The van der Waals surface area contributed by atoms with Crippen molar-refractivity contribution in [3.63, 3.8) is 0 Å². The number of carbonyl (C=O) groups excluding carboxylic acids is 1. The van der Waals surface area contributed by atoms with Crippen LogP contribution in [0.3, 0.4) is 0 Å². The Labute approximate surface area is 175 Å². The number of nitrogens with one attached hydrogen (secondary N) is 1. The fraction of sp³-hybridized carbons (Fsp3) is 0.333. The second-order valence-corrected chi connectivity index (χ2v) is 8.42. The highest BCUT2D eigenvalue weighted by Crippen LogP contribution is 2.51. The van der Waals surface area contributed by atoms with Gasteiger partial charge in [0, 0.05) is 31.5 Å². The van der Waals surface area contributed by atoms with Gasteiger partial charge in [-0.25, -0.2) is 0 Å². The summed E-state index contributed by atoms with van der Waals surface area (Å²) in [6, 6.07) is 20.6. The molecule has 1 amide bonds. The summed E-state index contributed by atoms with van der Waals surface area (Å²) in [5.41, 5.74) is 4.00. The van der Waals surface area contributed by atoms with Gasteiger partial charge in [-0.2, -0.15) is 5.10 Å². The minimum atomic E-state index is -0.492. The number of nitrogens with zero attached hydrogens (tertiary/aromatic N) is 3. The average molecular weight is 400 g/mol. The molecule has 152 valence electrons. The minimum Gasteiger partial charge on any atom is -0.351 e. The first kappa shape index (κ1) is 17.9. The van der Waals surface area contributed by atoms with Crippen LogP contribution in [-0.2, 0) is 16.1 Å². The van der Waals surface area contributed by atoms with Crippen LogP contribution in [0.25, 0.3) is 11.3 Å². The third-order valence-electron chi connectivity index (χ3n) is 6.90. The van der Waals surface area contributed by atoms with Crippen molar-refractivity contribution >= 4 is 5.91 Å². The molecule has 0 saturated carbocycles. The SMILES string of the molecule is O=C1C[C@H]2N(Cc3cn[nH]c3-c3ccccc3)CC[C@]23OC[C@@H](c2ccccc2)N13. The number of benzene rings is 2. The molecule has 1 N–H and O–H groups in total. The molecule has 3 aliphatic heterocycles. The van der Waals surface area contributed by atoms with Crippen LogP contribution in [0.5, 0.6) is 0 Å². The molecule has 3 atom stereocenters. The first-order valence-corrected chi connectivity index (χ1v) is 10.6. The van der Waals surface area contributed by atoms with E-state index in [2.05, 4.69) is 39.4 Å². The zero-order valence-corrected chi connectivity index (χ0v) is 16.7. The van der Waals surface area contributed by atoms with Crippen LogP contribution in [0.15, 0.2) is 66.9 Å². The Balaban J connectivity index is 1.28. The van der Waals surface area contributed by atoms with E-state index in [1.54, 1.807) is 0 Å². The van der Waals surface area contributed by atoms with Crippen LogP contribution in [-0.4, -0.2) is 50.8 Å². The number of hydrogen-bond acceptors (Lipinski definition) is 4. The molecular formula is C24H24N4O2. The molecule has 3 saturated heterocycles. The zero-order chi connectivity index (χ0) is 20.1. The lowest BCUT2D eigenvalue weighted by Gasteiger charge is -2.33. The minimum absolute atomic E-state index is 0.0115. The van der Waals surface area contributed by atoms with E-state index in [0.717, 1.165) is 41.9 Å². The van der Waals surface area contributed by atoms with Gasteiger partial charge in [-0.05, 0) is 11.1 Å². The van der Waals surface area contributed by atoms with E-state index < -0.39 is 5.72 Å². The van der Waals surface area contributed by atoms with E-state index in [4.69, 9.17) is 4.74 Å². The van der Waals surface area contributed by atoms with Crippen molar-refractivity contribution in [1.29, 1.82) is 0 Å². The Morgan fingerprint density at radius 3 is 2.67 bits per heavy atom. The Kier molecular flexibility index (Phi) is 4.04. The lowest BCUT2D eigenvalue weighted by atomic mass is 10.0. The van der Waals surface area contributed by atoms with Gasteiger partial charge in [0.1, 0.15) is 0 Å². The maximum Gasteiger partial charge on any atom is 0.227 e. The number of likely N-dealkylation sites (tertiary alicyclic amines) is 1. The van der Waals surface area contributed by atoms with Gasteiger partial charge in [-0.3, -0.25) is 14.8 Å². The maximum absolute atomic E-state index is 13.1. The quantitative estimate of drug-likeness (QED) is 0.730. The number of amides is 1. The predicted octanol–water partition coefficient (Wildman–Crippen LogP) is 3.35. The average Bonchev–Trinajstić information content (AvgIpc) is 3.53. The van der Waals surface area contributed by atoms with E-state index in [1.807, 2.05) is 47.5 Å². The van der Waals surface area contributed by atoms with Crippen molar-refractivity contribution in [2.24, 2.45) is 0 Å². The number of aromatic nitrogens is 2. The number of ether oxygens (including phenoxy) is 1. The summed E-state index contributed by atoms with van der Waals surface area (Å²) < 4.78 is 6.43. The van der Waals surface area contributed by atoms with Gasteiger partial charge in [0.15, 0.2) is 5.72 Å². The van der Waals surface area contributed by atoms with Gasteiger partial charge >= 0.3 is 0 Å². The molecule has 3 aliphatic rings. The van der Waals surface area contributed by atoms with E-state index in [1.165, 1.54) is 0 Å². The van der Waals surface area contributed by atoms with Gasteiger partial charge in [0.2, 0.25) is 5.91 Å². The summed E-state index contributed by atoms with van der Waals surface area (Å²) >= 11 is 0. The van der Waals surface area contributed by atoms with Crippen molar-refractivity contribution in [3.05, 3.63) is 78.0 Å². The van der Waals surface area contributed by atoms with Crippen LogP contribution >= 0.6 is 0 Å². The normalized spacial score (nSPS) is 28.1.